The van der Waals surface area contributed by atoms with E-state index in [0.29, 0.717) is 6.61 Å². The highest BCUT2D eigenvalue weighted by Crippen LogP contribution is 2.27. The summed E-state index contributed by atoms with van der Waals surface area (Å²) in [5.74, 6) is 2.78. The quantitative estimate of drug-likeness (QED) is 0.358. The first-order chi connectivity index (χ1) is 15.8. The van der Waals surface area contributed by atoms with Gasteiger partial charge in [-0.1, -0.05) is 55.3 Å². The van der Waals surface area contributed by atoms with Gasteiger partial charge in [-0.15, -0.1) is 0 Å². The van der Waals surface area contributed by atoms with Gasteiger partial charge in [-0.05, 0) is 54.0 Å². The molecule has 0 atom stereocenters. The fourth-order valence-electron chi connectivity index (χ4n) is 3.84. The predicted molar refractivity (Wildman–Crippen MR) is 132 cm³/mol. The zero-order chi connectivity index (χ0) is 21.8. The van der Waals surface area contributed by atoms with Crippen molar-refractivity contribution in [3.8, 4) is 17.1 Å². The van der Waals surface area contributed by atoms with Crippen molar-refractivity contribution in [2.45, 2.75) is 20.0 Å². The van der Waals surface area contributed by atoms with Crippen LogP contribution in [0.5, 0.6) is 5.75 Å². The summed E-state index contributed by atoms with van der Waals surface area (Å²) in [5.41, 5.74) is 6.23. The second kappa shape index (κ2) is 9.59. The normalized spacial score (nSPS) is 14.5. The summed E-state index contributed by atoms with van der Waals surface area (Å²) in [6.07, 6.45) is 3.32. The van der Waals surface area contributed by atoms with Gasteiger partial charge in [-0.2, -0.15) is 0 Å². The maximum Gasteiger partial charge on any atom is 0.158 e. The number of hydrogen-bond donors (Lipinski definition) is 1. The third kappa shape index (κ3) is 4.71. The van der Waals surface area contributed by atoms with E-state index in [0.717, 1.165) is 64.8 Å². The molecule has 0 unspecified atom stereocenters. The van der Waals surface area contributed by atoms with Crippen LogP contribution in [0.2, 0.25) is 0 Å². The average Bonchev–Trinajstić information content (AvgIpc) is 3.28. The number of hydrogen-bond acceptors (Lipinski definition) is 5. The highest BCUT2D eigenvalue weighted by molar-refractivity contribution is 7.96. The largest absolute Gasteiger partial charge is 0.489 e. The van der Waals surface area contributed by atoms with Crippen LogP contribution in [-0.4, -0.2) is 38.1 Å². The number of imidazole rings is 1. The van der Waals surface area contributed by atoms with Crippen molar-refractivity contribution in [1.29, 1.82) is 0 Å². The fraction of sp³-hybridized carbons (Fsp3) is 0.231. The van der Waals surface area contributed by atoms with Gasteiger partial charge in [-0.3, -0.25) is 0 Å². The standard InChI is InChI=1S/C26H26N4OS/c1-2-32-30-16-14-20(15-17-30)23-12-13-24-26(27-23)29-25(28-24)21-8-10-22(11-9-21)31-18-19-6-4-3-5-7-19/h3-14H,2,15-18H2,1H3,(H,27,28,29). The molecule has 5 nitrogen and oxygen atoms in total. The van der Waals surface area contributed by atoms with Gasteiger partial charge in [0.15, 0.2) is 5.65 Å². The topological polar surface area (TPSA) is 54.0 Å². The Bertz CT molecular complexity index is 1220. The van der Waals surface area contributed by atoms with Crippen LogP contribution in [0.15, 0.2) is 72.8 Å². The van der Waals surface area contributed by atoms with Gasteiger partial charge in [0.2, 0.25) is 0 Å². The molecule has 6 heteroatoms. The summed E-state index contributed by atoms with van der Waals surface area (Å²) in [6, 6.07) is 22.4. The molecule has 0 aliphatic carbocycles. The molecule has 1 aliphatic heterocycles. The van der Waals surface area contributed by atoms with Crippen LogP contribution in [0.25, 0.3) is 28.1 Å². The first kappa shape index (κ1) is 20.8. The van der Waals surface area contributed by atoms with E-state index in [9.17, 15) is 0 Å². The van der Waals surface area contributed by atoms with Gasteiger partial charge < -0.3 is 9.72 Å². The Morgan fingerprint density at radius 1 is 1.00 bits per heavy atom. The molecule has 0 fully saturated rings. The Labute approximate surface area is 192 Å². The molecule has 32 heavy (non-hydrogen) atoms. The summed E-state index contributed by atoms with van der Waals surface area (Å²) in [4.78, 5) is 13.0. The van der Waals surface area contributed by atoms with Crippen molar-refractivity contribution in [1.82, 2.24) is 19.3 Å². The van der Waals surface area contributed by atoms with Gasteiger partial charge in [-0.25, -0.2) is 14.3 Å². The second-order valence-electron chi connectivity index (χ2n) is 7.73. The third-order valence-electron chi connectivity index (χ3n) is 5.53. The Morgan fingerprint density at radius 2 is 1.84 bits per heavy atom. The molecule has 0 saturated carbocycles. The average molecular weight is 443 g/mol. The van der Waals surface area contributed by atoms with Crippen molar-refractivity contribution in [3.05, 3.63) is 84.1 Å². The van der Waals surface area contributed by atoms with Crippen LogP contribution < -0.4 is 4.74 Å². The molecule has 162 valence electrons. The summed E-state index contributed by atoms with van der Waals surface area (Å²) in [5, 5.41) is 0. The minimum Gasteiger partial charge on any atom is -0.489 e. The number of benzene rings is 2. The summed E-state index contributed by atoms with van der Waals surface area (Å²) < 4.78 is 8.30. The minimum absolute atomic E-state index is 0.558. The smallest absolute Gasteiger partial charge is 0.158 e. The van der Waals surface area contributed by atoms with Crippen LogP contribution >= 0.6 is 11.9 Å². The number of aromatic amines is 1. The lowest BCUT2D eigenvalue weighted by molar-refractivity contribution is 0.306. The number of nitrogens with one attached hydrogen (secondary N) is 1. The van der Waals surface area contributed by atoms with E-state index in [-0.39, 0.29) is 0 Å². The maximum atomic E-state index is 5.89. The van der Waals surface area contributed by atoms with Crippen LogP contribution in [0, 0.1) is 0 Å². The highest BCUT2D eigenvalue weighted by atomic mass is 32.2. The van der Waals surface area contributed by atoms with Gasteiger partial charge in [0, 0.05) is 24.4 Å². The lowest BCUT2D eigenvalue weighted by atomic mass is 10.1. The van der Waals surface area contributed by atoms with E-state index in [1.165, 1.54) is 5.57 Å². The first-order valence-electron chi connectivity index (χ1n) is 11.0. The van der Waals surface area contributed by atoms with Gasteiger partial charge >= 0.3 is 0 Å². The molecule has 3 heterocycles. The van der Waals surface area contributed by atoms with Crippen LogP contribution in [0.3, 0.4) is 0 Å². The van der Waals surface area contributed by atoms with Crippen molar-refractivity contribution in [2.75, 3.05) is 18.8 Å². The molecule has 0 amide bonds. The van der Waals surface area contributed by atoms with Crippen molar-refractivity contribution < 1.29 is 4.74 Å². The number of aromatic nitrogens is 3. The molecule has 4 aromatic rings. The highest BCUT2D eigenvalue weighted by Gasteiger charge is 2.15. The molecule has 0 spiro atoms. The van der Waals surface area contributed by atoms with E-state index in [2.05, 4.69) is 46.6 Å². The fourth-order valence-corrected chi connectivity index (χ4v) is 4.61. The van der Waals surface area contributed by atoms with Crippen molar-refractivity contribution in [3.63, 3.8) is 0 Å². The second-order valence-corrected chi connectivity index (χ2v) is 9.09. The number of H-pyrrole nitrogens is 1. The summed E-state index contributed by atoms with van der Waals surface area (Å²) in [6.45, 7) is 4.79. The lowest BCUT2D eigenvalue weighted by Gasteiger charge is -2.24. The Kier molecular flexibility index (Phi) is 6.23. The van der Waals surface area contributed by atoms with E-state index in [1.54, 1.807) is 0 Å². The SMILES string of the molecule is CCSN1CC=C(c2ccc3nc(-c4ccc(OCc5ccccc5)cc4)[nH]c3n2)CC1. The zero-order valence-corrected chi connectivity index (χ0v) is 18.9. The number of fused-ring (bicyclic) bond motifs is 1. The molecular weight excluding hydrogens is 416 g/mol. The Hall–Kier alpha value is -3.09. The van der Waals surface area contributed by atoms with Crippen LogP contribution in [-0.2, 0) is 6.61 Å². The summed E-state index contributed by atoms with van der Waals surface area (Å²) >= 11 is 1.90. The molecule has 2 aromatic heterocycles. The zero-order valence-electron chi connectivity index (χ0n) is 18.1. The van der Waals surface area contributed by atoms with E-state index in [1.807, 2.05) is 54.4 Å². The predicted octanol–water partition coefficient (Wildman–Crippen LogP) is 5.96. The van der Waals surface area contributed by atoms with E-state index in [4.69, 9.17) is 14.7 Å². The van der Waals surface area contributed by atoms with Gasteiger partial charge in [0.05, 0.1) is 5.69 Å². The molecule has 1 N–H and O–H groups in total. The minimum atomic E-state index is 0.558. The number of ether oxygens (including phenoxy) is 1. The Balaban J connectivity index is 1.29. The Morgan fingerprint density at radius 3 is 2.59 bits per heavy atom. The van der Waals surface area contributed by atoms with Crippen LogP contribution in [0.1, 0.15) is 24.6 Å². The molecule has 0 radical (unpaired) electrons. The molecule has 1 aliphatic rings. The third-order valence-corrected chi connectivity index (χ3v) is 6.49. The van der Waals surface area contributed by atoms with Crippen molar-refractivity contribution in [2.24, 2.45) is 0 Å². The summed E-state index contributed by atoms with van der Waals surface area (Å²) in [7, 11) is 0. The molecule has 5 rings (SSSR count). The van der Waals surface area contributed by atoms with Gasteiger partial charge in [0.25, 0.3) is 0 Å². The van der Waals surface area contributed by atoms with Crippen LogP contribution in [0.4, 0.5) is 0 Å². The van der Waals surface area contributed by atoms with E-state index >= 15 is 0 Å². The van der Waals surface area contributed by atoms with Crippen molar-refractivity contribution >= 4 is 28.7 Å². The molecule has 0 saturated heterocycles. The number of rotatable bonds is 7. The van der Waals surface area contributed by atoms with Gasteiger partial charge in [0.1, 0.15) is 23.7 Å². The van der Waals surface area contributed by atoms with E-state index < -0.39 is 0 Å². The number of nitrogens with zero attached hydrogens (tertiary/aromatic N) is 3. The lowest BCUT2D eigenvalue weighted by Crippen LogP contribution is -2.22. The first-order valence-corrected chi connectivity index (χ1v) is 11.9. The molecule has 0 bridgehead atoms. The number of pyridine rings is 1. The maximum absolute atomic E-state index is 5.89. The molecular formula is C26H26N4OS. The molecule has 2 aromatic carbocycles. The monoisotopic (exact) mass is 442 g/mol.